The fourth-order valence-electron chi connectivity index (χ4n) is 2.82. The van der Waals surface area contributed by atoms with Crippen LogP contribution in [-0.4, -0.2) is 81.8 Å². The first-order valence-corrected chi connectivity index (χ1v) is 10.8. The van der Waals surface area contributed by atoms with Crippen LogP contribution in [0.25, 0.3) is 0 Å². The minimum atomic E-state index is -1.45. The summed E-state index contributed by atoms with van der Waals surface area (Å²) in [5.41, 5.74) is 11.1. The number of hydrogen-bond acceptors (Lipinski definition) is 8. The fraction of sp³-hybridized carbons (Fsp3) is 0.750. The molecule has 0 saturated carbocycles. The molecule has 0 bridgehead atoms. The Bertz CT molecular complexity index is 685. The van der Waals surface area contributed by atoms with Crippen molar-refractivity contribution in [3.8, 4) is 0 Å². The lowest BCUT2D eigenvalue weighted by atomic mass is 10.0. The molecule has 0 heterocycles. The van der Waals surface area contributed by atoms with Crippen LogP contribution in [-0.2, 0) is 24.0 Å². The molecule has 0 radical (unpaired) electrons. The van der Waals surface area contributed by atoms with Crippen molar-refractivity contribution < 1.29 is 39.3 Å². The van der Waals surface area contributed by atoms with Gasteiger partial charge < -0.3 is 42.7 Å². The Morgan fingerprint density at radius 2 is 1.39 bits per heavy atom. The van der Waals surface area contributed by atoms with E-state index in [1.54, 1.807) is 13.8 Å². The van der Waals surface area contributed by atoms with Gasteiger partial charge in [0.2, 0.25) is 17.7 Å². The zero-order valence-corrected chi connectivity index (χ0v) is 19.2. The lowest BCUT2D eigenvalue weighted by Gasteiger charge is -2.27. The monoisotopic (exact) mass is 475 g/mol. The Hall–Kier alpha value is -2.77. The number of nitrogens with two attached hydrogens (primary N) is 2. The zero-order valence-electron chi connectivity index (χ0n) is 19.2. The highest BCUT2D eigenvalue weighted by atomic mass is 16.4. The largest absolute Gasteiger partial charge is 0.481 e. The first-order valence-electron chi connectivity index (χ1n) is 10.8. The van der Waals surface area contributed by atoms with Crippen LogP contribution in [0.5, 0.6) is 0 Å². The van der Waals surface area contributed by atoms with Crippen molar-refractivity contribution >= 4 is 29.7 Å². The van der Waals surface area contributed by atoms with E-state index in [1.165, 1.54) is 6.92 Å². The Kier molecular flexibility index (Phi) is 13.9. The van der Waals surface area contributed by atoms with Crippen LogP contribution in [0.3, 0.4) is 0 Å². The molecule has 0 aliphatic heterocycles. The van der Waals surface area contributed by atoms with Gasteiger partial charge in [-0.3, -0.25) is 19.2 Å². The average molecular weight is 476 g/mol. The number of aliphatic carboxylic acids is 2. The number of carbonyl (C=O) groups is 5. The fourth-order valence-corrected chi connectivity index (χ4v) is 2.82. The predicted molar refractivity (Wildman–Crippen MR) is 118 cm³/mol. The van der Waals surface area contributed by atoms with E-state index in [-0.39, 0.29) is 12.8 Å². The standard InChI is InChI=1S/C20H37N5O8/c1-10(2)16(25-18(30)15(22)11(3)26)19(31)23-12(6-4-5-9-21)17(29)24-13(20(32)33)7-8-14(27)28/h10-13,15-16,26H,4-9,21-22H2,1-3H3,(H,23,31)(H,24,29)(H,25,30)(H,27,28)(H,32,33). The molecule has 5 unspecified atom stereocenters. The molecule has 10 N–H and O–H groups in total. The molecule has 0 fully saturated rings. The highest BCUT2D eigenvalue weighted by Crippen LogP contribution is 2.08. The molecular weight excluding hydrogens is 438 g/mol. The summed E-state index contributed by atoms with van der Waals surface area (Å²) in [7, 11) is 0. The number of carboxylic acid groups (broad SMARTS) is 2. The van der Waals surface area contributed by atoms with E-state index in [9.17, 15) is 34.2 Å². The van der Waals surface area contributed by atoms with Crippen molar-refractivity contribution in [2.24, 2.45) is 17.4 Å². The molecule has 0 aromatic rings. The molecule has 3 amide bonds. The minimum absolute atomic E-state index is 0.145. The van der Waals surface area contributed by atoms with Crippen molar-refractivity contribution in [3.05, 3.63) is 0 Å². The van der Waals surface area contributed by atoms with Crippen LogP contribution < -0.4 is 27.4 Å². The number of amides is 3. The highest BCUT2D eigenvalue weighted by Gasteiger charge is 2.32. The van der Waals surface area contributed by atoms with Gasteiger partial charge in [0.05, 0.1) is 6.10 Å². The van der Waals surface area contributed by atoms with Gasteiger partial charge >= 0.3 is 11.9 Å². The third-order valence-corrected chi connectivity index (χ3v) is 4.91. The number of unbranched alkanes of at least 4 members (excludes halogenated alkanes) is 1. The Morgan fingerprint density at radius 3 is 1.85 bits per heavy atom. The maximum Gasteiger partial charge on any atom is 0.326 e. The molecule has 0 aromatic heterocycles. The van der Waals surface area contributed by atoms with Gasteiger partial charge in [-0.25, -0.2) is 4.79 Å². The summed E-state index contributed by atoms with van der Waals surface area (Å²) in [4.78, 5) is 60.0. The van der Waals surface area contributed by atoms with E-state index in [4.69, 9.17) is 16.6 Å². The van der Waals surface area contributed by atoms with Crippen molar-refractivity contribution in [2.75, 3.05) is 6.54 Å². The van der Waals surface area contributed by atoms with Gasteiger partial charge in [-0.05, 0) is 45.1 Å². The second kappa shape index (κ2) is 15.1. The van der Waals surface area contributed by atoms with Crippen LogP contribution in [0.4, 0.5) is 0 Å². The van der Waals surface area contributed by atoms with E-state index in [0.29, 0.717) is 19.4 Å². The molecule has 0 aliphatic rings. The molecule has 0 saturated heterocycles. The lowest BCUT2D eigenvalue weighted by molar-refractivity contribution is -0.143. The minimum Gasteiger partial charge on any atom is -0.481 e. The summed E-state index contributed by atoms with van der Waals surface area (Å²) in [6.45, 7) is 5.00. The molecule has 190 valence electrons. The quantitative estimate of drug-likeness (QED) is 0.113. The number of aliphatic hydroxyl groups is 1. The third kappa shape index (κ3) is 11.6. The van der Waals surface area contributed by atoms with Crippen LogP contribution in [0, 0.1) is 5.92 Å². The summed E-state index contributed by atoms with van der Waals surface area (Å²) in [6, 6.07) is -4.92. The molecular formula is C20H37N5O8. The van der Waals surface area contributed by atoms with E-state index >= 15 is 0 Å². The van der Waals surface area contributed by atoms with Crippen molar-refractivity contribution in [2.45, 2.75) is 83.1 Å². The third-order valence-electron chi connectivity index (χ3n) is 4.91. The molecule has 13 nitrogen and oxygen atoms in total. The number of hydrogen-bond donors (Lipinski definition) is 8. The summed E-state index contributed by atoms with van der Waals surface area (Å²) < 4.78 is 0. The van der Waals surface area contributed by atoms with E-state index in [0.717, 1.165) is 0 Å². The van der Waals surface area contributed by atoms with Crippen molar-refractivity contribution in [1.29, 1.82) is 0 Å². The second-order valence-corrected chi connectivity index (χ2v) is 8.17. The summed E-state index contributed by atoms with van der Waals surface area (Å²) in [5, 5.41) is 34.8. The maximum atomic E-state index is 12.9. The van der Waals surface area contributed by atoms with E-state index < -0.39 is 72.3 Å². The summed E-state index contributed by atoms with van der Waals surface area (Å²) in [6.07, 6.45) is -0.795. The second-order valence-electron chi connectivity index (χ2n) is 8.17. The topological polar surface area (TPSA) is 234 Å². The van der Waals surface area contributed by atoms with E-state index in [2.05, 4.69) is 16.0 Å². The van der Waals surface area contributed by atoms with Crippen molar-refractivity contribution in [3.63, 3.8) is 0 Å². The first kappa shape index (κ1) is 30.2. The SMILES string of the molecule is CC(C)C(NC(=O)C(N)C(C)O)C(=O)NC(CCCCN)C(=O)NC(CCC(=O)O)C(=O)O. The highest BCUT2D eigenvalue weighted by molar-refractivity contribution is 5.94. The summed E-state index contributed by atoms with van der Waals surface area (Å²) >= 11 is 0. The van der Waals surface area contributed by atoms with Crippen molar-refractivity contribution in [1.82, 2.24) is 16.0 Å². The Morgan fingerprint density at radius 1 is 0.818 bits per heavy atom. The van der Waals surface area contributed by atoms with Gasteiger partial charge in [-0.15, -0.1) is 0 Å². The molecule has 0 spiro atoms. The molecule has 0 rings (SSSR count). The Balaban J connectivity index is 5.46. The Labute approximate surface area is 192 Å². The smallest absolute Gasteiger partial charge is 0.326 e. The molecule has 0 aliphatic carbocycles. The summed E-state index contributed by atoms with van der Waals surface area (Å²) in [5.74, 6) is -5.26. The maximum absolute atomic E-state index is 12.9. The van der Waals surface area contributed by atoms with Gasteiger partial charge in [0.15, 0.2) is 0 Å². The zero-order chi connectivity index (χ0) is 25.7. The molecule has 13 heteroatoms. The molecule has 0 aromatic carbocycles. The van der Waals surface area contributed by atoms with Gasteiger partial charge in [-0.2, -0.15) is 0 Å². The number of rotatable bonds is 16. The van der Waals surface area contributed by atoms with Crippen LogP contribution >= 0.6 is 0 Å². The molecule has 33 heavy (non-hydrogen) atoms. The number of carbonyl (C=O) groups excluding carboxylic acids is 3. The van der Waals surface area contributed by atoms with E-state index in [1.807, 2.05) is 0 Å². The predicted octanol–water partition coefficient (Wildman–Crippen LogP) is -2.12. The number of carboxylic acids is 2. The van der Waals surface area contributed by atoms with Crippen LogP contribution in [0.2, 0.25) is 0 Å². The van der Waals surface area contributed by atoms with Crippen LogP contribution in [0.15, 0.2) is 0 Å². The molecule has 5 atom stereocenters. The number of nitrogens with one attached hydrogen (secondary N) is 3. The average Bonchev–Trinajstić information content (AvgIpc) is 2.72. The van der Waals surface area contributed by atoms with Gasteiger partial charge in [0.1, 0.15) is 24.2 Å². The van der Waals surface area contributed by atoms with Gasteiger partial charge in [0.25, 0.3) is 0 Å². The lowest BCUT2D eigenvalue weighted by Crippen LogP contribution is -2.59. The first-order chi connectivity index (χ1) is 15.3. The van der Waals surface area contributed by atoms with Gasteiger partial charge in [0, 0.05) is 6.42 Å². The van der Waals surface area contributed by atoms with Gasteiger partial charge in [-0.1, -0.05) is 13.8 Å². The normalized spacial score (nSPS) is 15.6. The van der Waals surface area contributed by atoms with Crippen LogP contribution in [0.1, 0.15) is 52.9 Å². The number of aliphatic hydroxyl groups excluding tert-OH is 1.